The molecule has 96 valence electrons. The van der Waals surface area contributed by atoms with Crippen LogP contribution in [0.5, 0.6) is 5.88 Å². The summed E-state index contributed by atoms with van der Waals surface area (Å²) in [6, 6.07) is 4.06. The van der Waals surface area contributed by atoms with Gasteiger partial charge in [-0.25, -0.2) is 4.98 Å². The van der Waals surface area contributed by atoms with Crippen molar-refractivity contribution in [3.05, 3.63) is 34.9 Å². The van der Waals surface area contributed by atoms with Crippen LogP contribution in [0.1, 0.15) is 31.7 Å². The van der Waals surface area contributed by atoms with Crippen LogP contribution in [0.15, 0.2) is 30.0 Å². The van der Waals surface area contributed by atoms with Gasteiger partial charge in [0.25, 0.3) is 0 Å². The van der Waals surface area contributed by atoms with Crippen LogP contribution in [0.4, 0.5) is 5.69 Å². The minimum Gasteiger partial charge on any atom is -0.473 e. The Bertz CT molecular complexity index is 485. The van der Waals surface area contributed by atoms with Gasteiger partial charge in [-0.3, -0.25) is 4.98 Å². The van der Waals surface area contributed by atoms with Crippen molar-refractivity contribution in [2.75, 3.05) is 5.32 Å². The number of aromatic nitrogens is 2. The van der Waals surface area contributed by atoms with Gasteiger partial charge in [-0.1, -0.05) is 0 Å². The SMILES string of the molecule is CC(C)Oc1ncccc1NC(C)c1cncs1. The van der Waals surface area contributed by atoms with Crippen LogP contribution in [-0.2, 0) is 0 Å². The van der Waals surface area contributed by atoms with Crippen molar-refractivity contribution < 1.29 is 4.74 Å². The number of hydrogen-bond acceptors (Lipinski definition) is 5. The minimum atomic E-state index is 0.110. The van der Waals surface area contributed by atoms with Gasteiger partial charge in [-0.05, 0) is 32.9 Å². The van der Waals surface area contributed by atoms with Gasteiger partial charge in [-0.2, -0.15) is 0 Å². The predicted octanol–water partition coefficient (Wildman–Crippen LogP) is 3.50. The zero-order valence-corrected chi connectivity index (χ0v) is 11.6. The van der Waals surface area contributed by atoms with Crippen LogP contribution in [0.3, 0.4) is 0 Å². The molecule has 1 unspecified atom stereocenters. The molecule has 5 heteroatoms. The van der Waals surface area contributed by atoms with E-state index in [1.165, 1.54) is 4.88 Å². The van der Waals surface area contributed by atoms with Gasteiger partial charge < -0.3 is 10.1 Å². The lowest BCUT2D eigenvalue weighted by molar-refractivity contribution is 0.234. The highest BCUT2D eigenvalue weighted by Gasteiger charge is 2.11. The zero-order valence-electron chi connectivity index (χ0n) is 10.8. The lowest BCUT2D eigenvalue weighted by atomic mass is 10.2. The Morgan fingerprint density at radius 3 is 2.83 bits per heavy atom. The first-order valence-corrected chi connectivity index (χ1v) is 6.81. The van der Waals surface area contributed by atoms with Crippen molar-refractivity contribution in [3.63, 3.8) is 0 Å². The van der Waals surface area contributed by atoms with Gasteiger partial charge in [0.1, 0.15) is 0 Å². The summed E-state index contributed by atoms with van der Waals surface area (Å²) in [5.41, 5.74) is 2.74. The Balaban J connectivity index is 2.13. The normalized spacial score (nSPS) is 12.4. The second kappa shape index (κ2) is 5.82. The molecule has 4 nitrogen and oxygen atoms in total. The number of anilines is 1. The number of nitrogens with zero attached hydrogens (tertiary/aromatic N) is 2. The van der Waals surface area contributed by atoms with Gasteiger partial charge in [-0.15, -0.1) is 11.3 Å². The van der Waals surface area contributed by atoms with E-state index in [0.717, 1.165) is 5.69 Å². The lowest BCUT2D eigenvalue weighted by Crippen LogP contribution is -2.11. The van der Waals surface area contributed by atoms with E-state index in [4.69, 9.17) is 4.74 Å². The molecule has 0 spiro atoms. The molecule has 0 fully saturated rings. The Labute approximate surface area is 111 Å². The Hall–Kier alpha value is -1.62. The number of ether oxygens (including phenoxy) is 1. The zero-order chi connectivity index (χ0) is 13.0. The fourth-order valence-corrected chi connectivity index (χ4v) is 2.19. The summed E-state index contributed by atoms with van der Waals surface area (Å²) in [5, 5.41) is 3.40. The third kappa shape index (κ3) is 3.20. The smallest absolute Gasteiger partial charge is 0.237 e. The van der Waals surface area contributed by atoms with E-state index >= 15 is 0 Å². The molecule has 0 saturated heterocycles. The van der Waals surface area contributed by atoms with Crippen LogP contribution in [0.2, 0.25) is 0 Å². The van der Waals surface area contributed by atoms with Crippen LogP contribution < -0.4 is 10.1 Å². The maximum atomic E-state index is 5.68. The quantitative estimate of drug-likeness (QED) is 0.897. The molecule has 1 atom stereocenters. The lowest BCUT2D eigenvalue weighted by Gasteiger charge is -2.17. The molecule has 0 aromatic carbocycles. The van der Waals surface area contributed by atoms with Crippen molar-refractivity contribution in [2.24, 2.45) is 0 Å². The highest BCUT2D eigenvalue weighted by atomic mass is 32.1. The van der Waals surface area contributed by atoms with E-state index < -0.39 is 0 Å². The topological polar surface area (TPSA) is 47.0 Å². The summed E-state index contributed by atoms with van der Waals surface area (Å²) in [6.45, 7) is 6.08. The first kappa shape index (κ1) is 12.8. The molecule has 0 aliphatic rings. The molecule has 2 heterocycles. The maximum Gasteiger partial charge on any atom is 0.237 e. The second-order valence-electron chi connectivity index (χ2n) is 4.29. The minimum absolute atomic E-state index is 0.110. The summed E-state index contributed by atoms with van der Waals surface area (Å²) in [7, 11) is 0. The molecule has 18 heavy (non-hydrogen) atoms. The second-order valence-corrected chi connectivity index (χ2v) is 5.21. The van der Waals surface area contributed by atoms with E-state index in [0.29, 0.717) is 5.88 Å². The number of hydrogen-bond donors (Lipinski definition) is 1. The Kier molecular flexibility index (Phi) is 4.15. The van der Waals surface area contributed by atoms with Crippen molar-refractivity contribution in [2.45, 2.75) is 32.9 Å². The van der Waals surface area contributed by atoms with E-state index in [1.54, 1.807) is 17.5 Å². The van der Waals surface area contributed by atoms with Gasteiger partial charge in [0.2, 0.25) is 5.88 Å². The van der Waals surface area contributed by atoms with Gasteiger partial charge in [0.15, 0.2) is 0 Å². The van der Waals surface area contributed by atoms with Crippen LogP contribution >= 0.6 is 11.3 Å². The standard InChI is InChI=1S/C13H17N3OS/c1-9(2)17-13-11(5-4-6-15-13)16-10(3)12-7-14-8-18-12/h4-10,16H,1-3H3. The first-order chi connectivity index (χ1) is 8.66. The molecule has 1 N–H and O–H groups in total. The molecule has 0 saturated carbocycles. The molecular weight excluding hydrogens is 246 g/mol. The number of rotatable bonds is 5. The summed E-state index contributed by atoms with van der Waals surface area (Å²) in [4.78, 5) is 9.53. The molecule has 2 aromatic heterocycles. The van der Waals surface area contributed by atoms with Crippen molar-refractivity contribution in [1.29, 1.82) is 0 Å². The maximum absolute atomic E-state index is 5.68. The van der Waals surface area contributed by atoms with Gasteiger partial charge in [0.05, 0.1) is 23.3 Å². The van der Waals surface area contributed by atoms with E-state index in [2.05, 4.69) is 22.2 Å². The Morgan fingerprint density at radius 2 is 2.17 bits per heavy atom. The highest BCUT2D eigenvalue weighted by molar-refractivity contribution is 7.09. The number of pyridine rings is 1. The Morgan fingerprint density at radius 1 is 1.33 bits per heavy atom. The molecule has 2 aromatic rings. The highest BCUT2D eigenvalue weighted by Crippen LogP contribution is 2.27. The summed E-state index contributed by atoms with van der Waals surface area (Å²) >= 11 is 1.64. The fourth-order valence-electron chi connectivity index (χ4n) is 1.56. The number of thiazole rings is 1. The molecule has 0 aliphatic heterocycles. The molecule has 0 bridgehead atoms. The number of nitrogens with one attached hydrogen (secondary N) is 1. The van der Waals surface area contributed by atoms with E-state index in [-0.39, 0.29) is 12.1 Å². The monoisotopic (exact) mass is 263 g/mol. The average Bonchev–Trinajstić information content (AvgIpc) is 2.84. The van der Waals surface area contributed by atoms with Crippen molar-refractivity contribution in [3.8, 4) is 5.88 Å². The molecular formula is C13H17N3OS. The summed E-state index contributed by atoms with van der Waals surface area (Å²) in [6.07, 6.45) is 3.72. The third-order valence-electron chi connectivity index (χ3n) is 2.37. The van der Waals surface area contributed by atoms with Gasteiger partial charge >= 0.3 is 0 Å². The molecule has 0 aliphatic carbocycles. The van der Waals surface area contributed by atoms with E-state index in [9.17, 15) is 0 Å². The van der Waals surface area contributed by atoms with Crippen LogP contribution in [-0.4, -0.2) is 16.1 Å². The summed E-state index contributed by atoms with van der Waals surface area (Å²) < 4.78 is 5.68. The summed E-state index contributed by atoms with van der Waals surface area (Å²) in [5.74, 6) is 0.642. The van der Waals surface area contributed by atoms with E-state index in [1.807, 2.05) is 37.7 Å². The molecule has 0 radical (unpaired) electrons. The van der Waals surface area contributed by atoms with Gasteiger partial charge in [0, 0.05) is 17.3 Å². The molecule has 2 rings (SSSR count). The fraction of sp³-hybridized carbons (Fsp3) is 0.385. The van der Waals surface area contributed by atoms with Crippen molar-refractivity contribution in [1.82, 2.24) is 9.97 Å². The third-order valence-corrected chi connectivity index (χ3v) is 3.33. The predicted molar refractivity (Wildman–Crippen MR) is 74.2 cm³/mol. The van der Waals surface area contributed by atoms with Crippen molar-refractivity contribution >= 4 is 17.0 Å². The molecule has 0 amide bonds. The average molecular weight is 263 g/mol. The first-order valence-electron chi connectivity index (χ1n) is 5.93. The van der Waals surface area contributed by atoms with Crippen LogP contribution in [0.25, 0.3) is 0 Å². The van der Waals surface area contributed by atoms with Crippen LogP contribution in [0, 0.1) is 0 Å². The largest absolute Gasteiger partial charge is 0.473 e.